The Bertz CT molecular complexity index is 406. The lowest BCUT2D eigenvalue weighted by atomic mass is 10.0. The molecule has 0 unspecified atom stereocenters. The summed E-state index contributed by atoms with van der Waals surface area (Å²) in [6, 6.07) is 6.64. The summed E-state index contributed by atoms with van der Waals surface area (Å²) < 4.78 is 0. The van der Waals surface area contributed by atoms with E-state index in [1.165, 1.54) is 34.6 Å². The minimum Gasteiger partial charge on any atom is -0.355 e. The number of hydrogen-bond acceptors (Lipinski definition) is 3. The van der Waals surface area contributed by atoms with Gasteiger partial charge < -0.3 is 11.1 Å². The zero-order valence-electron chi connectivity index (χ0n) is 9.87. The van der Waals surface area contributed by atoms with Crippen molar-refractivity contribution in [3.8, 4) is 0 Å². The Kier molecular flexibility index (Phi) is 4.45. The second-order valence-corrected chi connectivity index (χ2v) is 5.33. The first-order chi connectivity index (χ1) is 8.29. The van der Waals surface area contributed by atoms with Crippen molar-refractivity contribution < 1.29 is 4.79 Å². The third-order valence-corrected chi connectivity index (χ3v) is 4.10. The van der Waals surface area contributed by atoms with Gasteiger partial charge in [-0.1, -0.05) is 12.1 Å². The number of benzene rings is 1. The second-order valence-electron chi connectivity index (χ2n) is 4.20. The molecular weight excluding hydrogens is 232 g/mol. The fourth-order valence-electron chi connectivity index (χ4n) is 1.99. The van der Waals surface area contributed by atoms with Gasteiger partial charge in [-0.25, -0.2) is 0 Å². The fourth-order valence-corrected chi connectivity index (χ4v) is 3.01. The van der Waals surface area contributed by atoms with E-state index in [4.69, 9.17) is 5.73 Å². The van der Waals surface area contributed by atoms with E-state index in [1.807, 2.05) is 11.8 Å². The van der Waals surface area contributed by atoms with Gasteiger partial charge in [0.15, 0.2) is 0 Å². The van der Waals surface area contributed by atoms with E-state index >= 15 is 0 Å². The van der Waals surface area contributed by atoms with Gasteiger partial charge in [-0.2, -0.15) is 0 Å². The highest BCUT2D eigenvalue weighted by atomic mass is 32.2. The van der Waals surface area contributed by atoms with E-state index < -0.39 is 0 Å². The average molecular weight is 250 g/mol. The van der Waals surface area contributed by atoms with Gasteiger partial charge in [0, 0.05) is 11.4 Å². The molecule has 0 aliphatic carbocycles. The number of thioether (sulfide) groups is 1. The van der Waals surface area contributed by atoms with Crippen LogP contribution in [0.25, 0.3) is 0 Å². The van der Waals surface area contributed by atoms with Crippen LogP contribution >= 0.6 is 11.8 Å². The van der Waals surface area contributed by atoms with Crippen molar-refractivity contribution in [1.29, 1.82) is 0 Å². The summed E-state index contributed by atoms with van der Waals surface area (Å²) in [5.41, 5.74) is 7.98. The third-order valence-electron chi connectivity index (χ3n) is 2.89. The lowest BCUT2D eigenvalue weighted by Crippen LogP contribution is -2.31. The number of hydrogen-bond donors (Lipinski definition) is 2. The number of aryl methyl sites for hydroxylation is 1. The lowest BCUT2D eigenvalue weighted by molar-refractivity contribution is -0.119. The minimum atomic E-state index is -0.0847. The Morgan fingerprint density at radius 1 is 1.47 bits per heavy atom. The molecule has 0 radical (unpaired) electrons. The van der Waals surface area contributed by atoms with Crippen molar-refractivity contribution in [2.24, 2.45) is 5.73 Å². The predicted octanol–water partition coefficient (Wildman–Crippen LogP) is 1.34. The number of fused-ring (bicyclic) bond motifs is 1. The van der Waals surface area contributed by atoms with Crippen LogP contribution in [0.4, 0.5) is 0 Å². The third kappa shape index (κ3) is 3.48. The molecule has 4 heteroatoms. The van der Waals surface area contributed by atoms with E-state index in [0.29, 0.717) is 6.54 Å². The van der Waals surface area contributed by atoms with Gasteiger partial charge >= 0.3 is 0 Å². The summed E-state index contributed by atoms with van der Waals surface area (Å²) in [4.78, 5) is 12.4. The number of carbonyl (C=O) groups is 1. The monoisotopic (exact) mass is 250 g/mol. The highest BCUT2D eigenvalue weighted by Crippen LogP contribution is 2.30. The van der Waals surface area contributed by atoms with Gasteiger partial charge in [-0.05, 0) is 42.2 Å². The standard InChI is InChI=1S/C13H18N2OS/c14-9-13(16)15-6-5-10-3-4-12-11(8-10)2-1-7-17-12/h3-4,8H,1-2,5-7,9,14H2,(H,15,16). The molecule has 2 rings (SSSR count). The molecule has 3 N–H and O–H groups in total. The quantitative estimate of drug-likeness (QED) is 0.848. The molecule has 0 spiro atoms. The number of rotatable bonds is 4. The molecule has 0 aromatic heterocycles. The second kappa shape index (κ2) is 6.07. The van der Waals surface area contributed by atoms with Crippen LogP contribution < -0.4 is 11.1 Å². The molecule has 1 aromatic carbocycles. The molecule has 1 aliphatic rings. The summed E-state index contributed by atoms with van der Waals surface area (Å²) in [7, 11) is 0. The fraction of sp³-hybridized carbons (Fsp3) is 0.462. The number of nitrogens with two attached hydrogens (primary N) is 1. The van der Waals surface area contributed by atoms with Crippen molar-refractivity contribution in [3.63, 3.8) is 0 Å². The van der Waals surface area contributed by atoms with Crippen LogP contribution in [0.3, 0.4) is 0 Å². The minimum absolute atomic E-state index is 0.0703. The number of amides is 1. The van der Waals surface area contributed by atoms with E-state index in [-0.39, 0.29) is 12.5 Å². The smallest absolute Gasteiger partial charge is 0.233 e. The van der Waals surface area contributed by atoms with Gasteiger partial charge in [0.2, 0.25) is 5.91 Å². The molecule has 0 atom stereocenters. The highest BCUT2D eigenvalue weighted by Gasteiger charge is 2.09. The maximum absolute atomic E-state index is 11.0. The lowest BCUT2D eigenvalue weighted by Gasteiger charge is -2.16. The Hall–Kier alpha value is -1.00. The zero-order chi connectivity index (χ0) is 12.1. The topological polar surface area (TPSA) is 55.1 Å². The first-order valence-electron chi connectivity index (χ1n) is 6.01. The predicted molar refractivity (Wildman–Crippen MR) is 71.3 cm³/mol. The molecule has 0 bridgehead atoms. The first kappa shape index (κ1) is 12.5. The van der Waals surface area contributed by atoms with Gasteiger partial charge in [0.25, 0.3) is 0 Å². The summed E-state index contributed by atoms with van der Waals surface area (Å²) in [6.45, 7) is 0.739. The van der Waals surface area contributed by atoms with Crippen LogP contribution in [0.15, 0.2) is 23.1 Å². The molecule has 0 fully saturated rings. The highest BCUT2D eigenvalue weighted by molar-refractivity contribution is 7.99. The Balaban J connectivity index is 1.91. The van der Waals surface area contributed by atoms with Crippen molar-refractivity contribution in [2.75, 3.05) is 18.8 Å². The summed E-state index contributed by atoms with van der Waals surface area (Å²) in [5, 5.41) is 2.79. The largest absolute Gasteiger partial charge is 0.355 e. The molecule has 1 heterocycles. The summed E-state index contributed by atoms with van der Waals surface area (Å²) in [5.74, 6) is 1.15. The van der Waals surface area contributed by atoms with Crippen molar-refractivity contribution >= 4 is 17.7 Å². The molecular formula is C13H18N2OS. The molecule has 0 saturated heterocycles. The van der Waals surface area contributed by atoms with E-state index in [1.54, 1.807) is 0 Å². The average Bonchev–Trinajstić information content (AvgIpc) is 2.38. The molecule has 92 valence electrons. The maximum atomic E-state index is 11.0. The van der Waals surface area contributed by atoms with E-state index in [0.717, 1.165) is 6.42 Å². The molecule has 3 nitrogen and oxygen atoms in total. The van der Waals surface area contributed by atoms with Crippen molar-refractivity contribution in [2.45, 2.75) is 24.2 Å². The number of carbonyl (C=O) groups excluding carboxylic acids is 1. The zero-order valence-corrected chi connectivity index (χ0v) is 10.7. The van der Waals surface area contributed by atoms with Gasteiger partial charge in [0.1, 0.15) is 0 Å². The molecule has 0 saturated carbocycles. The van der Waals surface area contributed by atoms with Crippen LogP contribution in [0.5, 0.6) is 0 Å². The van der Waals surface area contributed by atoms with Crippen molar-refractivity contribution in [3.05, 3.63) is 29.3 Å². The molecule has 1 aromatic rings. The van der Waals surface area contributed by atoms with Crippen LogP contribution in [-0.2, 0) is 17.6 Å². The number of nitrogens with one attached hydrogen (secondary N) is 1. The molecule has 17 heavy (non-hydrogen) atoms. The normalized spacial score (nSPS) is 14.2. The van der Waals surface area contributed by atoms with E-state index in [9.17, 15) is 4.79 Å². The molecule has 1 amide bonds. The maximum Gasteiger partial charge on any atom is 0.233 e. The summed E-state index contributed by atoms with van der Waals surface area (Å²) in [6.07, 6.45) is 3.33. The van der Waals surface area contributed by atoms with Gasteiger partial charge in [0.05, 0.1) is 6.54 Å². The Labute approximate surface area is 106 Å². The Morgan fingerprint density at radius 3 is 3.18 bits per heavy atom. The van der Waals surface area contributed by atoms with Crippen LogP contribution in [0, 0.1) is 0 Å². The SMILES string of the molecule is NCC(=O)NCCc1ccc2c(c1)CCCS2. The Morgan fingerprint density at radius 2 is 2.35 bits per heavy atom. The van der Waals surface area contributed by atoms with Gasteiger partial charge in [-0.15, -0.1) is 11.8 Å². The summed E-state index contributed by atoms with van der Waals surface area (Å²) >= 11 is 1.94. The van der Waals surface area contributed by atoms with E-state index in [2.05, 4.69) is 23.5 Å². The van der Waals surface area contributed by atoms with Crippen LogP contribution in [-0.4, -0.2) is 24.7 Å². The van der Waals surface area contributed by atoms with Crippen molar-refractivity contribution in [1.82, 2.24) is 5.32 Å². The van der Waals surface area contributed by atoms with Crippen LogP contribution in [0.1, 0.15) is 17.5 Å². The first-order valence-corrected chi connectivity index (χ1v) is 6.99. The molecule has 1 aliphatic heterocycles. The van der Waals surface area contributed by atoms with Crippen LogP contribution in [0.2, 0.25) is 0 Å². The van der Waals surface area contributed by atoms with Gasteiger partial charge in [-0.3, -0.25) is 4.79 Å².